The Morgan fingerprint density at radius 3 is 2.94 bits per heavy atom. The number of hydrogen-bond acceptors (Lipinski definition) is 4. The number of nitrogens with zero attached hydrogens (tertiary/aromatic N) is 2. The van der Waals surface area contributed by atoms with Crippen LogP contribution in [0.4, 0.5) is 0 Å². The molecule has 3 heterocycles. The first-order valence-corrected chi connectivity index (χ1v) is 7.36. The van der Waals surface area contributed by atoms with E-state index in [1.165, 1.54) is 4.88 Å². The van der Waals surface area contributed by atoms with Crippen LogP contribution in [0.25, 0.3) is 10.2 Å². The van der Waals surface area contributed by atoms with E-state index < -0.39 is 0 Å². The Bertz CT molecular complexity index is 590. The minimum Gasteiger partial charge on any atom is -0.367 e. The predicted molar refractivity (Wildman–Crippen MR) is 74.3 cm³/mol. The summed E-state index contributed by atoms with van der Waals surface area (Å²) in [7, 11) is 0. The molecule has 5 heteroatoms. The number of hydrogen-bond donors (Lipinski definition) is 0. The van der Waals surface area contributed by atoms with Crippen molar-refractivity contribution in [1.29, 1.82) is 0 Å². The lowest BCUT2D eigenvalue weighted by Crippen LogP contribution is -2.32. The normalized spacial score (nSPS) is 24.6. The molecule has 0 saturated carbocycles. The van der Waals surface area contributed by atoms with Crippen molar-refractivity contribution in [3.63, 3.8) is 0 Å². The second-order valence-electron chi connectivity index (χ2n) is 4.95. The van der Waals surface area contributed by atoms with Crippen molar-refractivity contribution < 1.29 is 4.74 Å². The first-order valence-electron chi connectivity index (χ1n) is 6.17. The predicted octanol–water partition coefficient (Wildman–Crippen LogP) is 4.07. The quantitative estimate of drug-likeness (QED) is 0.740. The monoisotopic (exact) mass is 282 g/mol. The van der Waals surface area contributed by atoms with Gasteiger partial charge in [0, 0.05) is 16.9 Å². The van der Waals surface area contributed by atoms with Gasteiger partial charge in [-0.15, -0.1) is 11.3 Å². The Hall–Kier alpha value is -0.710. The van der Waals surface area contributed by atoms with Gasteiger partial charge in [0.05, 0.1) is 0 Å². The van der Waals surface area contributed by atoms with E-state index in [0.29, 0.717) is 5.15 Å². The zero-order chi connectivity index (χ0) is 12.8. The zero-order valence-corrected chi connectivity index (χ0v) is 12.1. The highest BCUT2D eigenvalue weighted by molar-refractivity contribution is 7.18. The molecule has 2 aromatic heterocycles. The maximum atomic E-state index is 6.26. The van der Waals surface area contributed by atoms with Gasteiger partial charge in [-0.05, 0) is 39.2 Å². The number of rotatable bonds is 1. The molecule has 1 fully saturated rings. The van der Waals surface area contributed by atoms with E-state index in [0.717, 1.165) is 41.9 Å². The summed E-state index contributed by atoms with van der Waals surface area (Å²) in [6.07, 6.45) is 3.22. The standard InChI is InChI=1S/C13H15ClN2OS/c1-8-7-9-10(14)15-12(16-11(9)18-8)13(2)5-3-4-6-17-13/h7H,3-6H2,1-2H3. The first kappa shape index (κ1) is 12.3. The maximum absolute atomic E-state index is 6.26. The molecule has 1 aliphatic rings. The van der Waals surface area contributed by atoms with E-state index in [9.17, 15) is 0 Å². The lowest BCUT2D eigenvalue weighted by atomic mass is 9.95. The molecular weight excluding hydrogens is 268 g/mol. The van der Waals surface area contributed by atoms with Crippen molar-refractivity contribution in [3.8, 4) is 0 Å². The van der Waals surface area contributed by atoms with Gasteiger partial charge in [-0.25, -0.2) is 9.97 Å². The van der Waals surface area contributed by atoms with Crippen molar-refractivity contribution in [2.75, 3.05) is 6.61 Å². The van der Waals surface area contributed by atoms with Crippen LogP contribution < -0.4 is 0 Å². The summed E-state index contributed by atoms with van der Waals surface area (Å²) >= 11 is 7.91. The molecule has 1 saturated heterocycles. The van der Waals surface area contributed by atoms with Crippen molar-refractivity contribution in [2.45, 2.75) is 38.7 Å². The minimum absolute atomic E-state index is 0.381. The van der Waals surface area contributed by atoms with E-state index in [1.807, 2.05) is 6.07 Å². The number of aryl methyl sites for hydroxylation is 1. The van der Waals surface area contributed by atoms with Gasteiger partial charge in [-0.2, -0.15) is 0 Å². The highest BCUT2D eigenvalue weighted by atomic mass is 35.5. The summed E-state index contributed by atoms with van der Waals surface area (Å²) in [6, 6.07) is 2.04. The van der Waals surface area contributed by atoms with Crippen LogP contribution in [0.3, 0.4) is 0 Å². The molecule has 1 atom stereocenters. The fourth-order valence-corrected chi connectivity index (χ4v) is 3.51. The average molecular weight is 283 g/mol. The van der Waals surface area contributed by atoms with Crippen molar-refractivity contribution in [1.82, 2.24) is 9.97 Å². The van der Waals surface area contributed by atoms with E-state index >= 15 is 0 Å². The van der Waals surface area contributed by atoms with Crippen LogP contribution in [0.1, 0.15) is 36.9 Å². The summed E-state index contributed by atoms with van der Waals surface area (Å²) in [5.41, 5.74) is -0.381. The van der Waals surface area contributed by atoms with Gasteiger partial charge in [0.25, 0.3) is 0 Å². The van der Waals surface area contributed by atoms with E-state index in [2.05, 4.69) is 23.8 Å². The summed E-state index contributed by atoms with van der Waals surface area (Å²) in [5, 5.41) is 1.48. The summed E-state index contributed by atoms with van der Waals surface area (Å²) in [4.78, 5) is 11.3. The van der Waals surface area contributed by atoms with Crippen LogP contribution in [0.2, 0.25) is 5.15 Å². The summed E-state index contributed by atoms with van der Waals surface area (Å²) in [6.45, 7) is 4.89. The SMILES string of the molecule is Cc1cc2c(Cl)nc(C3(C)CCCCO3)nc2s1. The van der Waals surface area contributed by atoms with E-state index in [-0.39, 0.29) is 5.60 Å². The molecule has 0 aromatic carbocycles. The van der Waals surface area contributed by atoms with Crippen LogP contribution in [-0.4, -0.2) is 16.6 Å². The Morgan fingerprint density at radius 2 is 2.22 bits per heavy atom. The third-order valence-electron chi connectivity index (χ3n) is 3.41. The van der Waals surface area contributed by atoms with Gasteiger partial charge in [0.2, 0.25) is 0 Å². The Labute approximate surface area is 115 Å². The van der Waals surface area contributed by atoms with Gasteiger partial charge in [-0.3, -0.25) is 0 Å². The maximum Gasteiger partial charge on any atom is 0.163 e. The van der Waals surface area contributed by atoms with Crippen molar-refractivity contribution in [2.24, 2.45) is 0 Å². The van der Waals surface area contributed by atoms with E-state index in [1.54, 1.807) is 11.3 Å². The summed E-state index contributed by atoms with van der Waals surface area (Å²) in [5.74, 6) is 0.724. The topological polar surface area (TPSA) is 35.0 Å². The minimum atomic E-state index is -0.381. The third-order valence-corrected chi connectivity index (χ3v) is 4.64. The lowest BCUT2D eigenvalue weighted by molar-refractivity contribution is -0.0758. The van der Waals surface area contributed by atoms with Gasteiger partial charge in [0.1, 0.15) is 15.6 Å². The third kappa shape index (κ3) is 2.02. The van der Waals surface area contributed by atoms with Crippen LogP contribution in [-0.2, 0) is 10.3 Å². The molecule has 0 radical (unpaired) electrons. The molecule has 2 aromatic rings. The summed E-state index contributed by atoms with van der Waals surface area (Å²) < 4.78 is 5.88. The molecule has 3 nitrogen and oxygen atoms in total. The number of aromatic nitrogens is 2. The van der Waals surface area contributed by atoms with Gasteiger partial charge in [0.15, 0.2) is 5.82 Å². The van der Waals surface area contributed by atoms with Gasteiger partial charge in [-0.1, -0.05) is 11.6 Å². The van der Waals surface area contributed by atoms with Crippen LogP contribution in [0.15, 0.2) is 6.07 Å². The largest absolute Gasteiger partial charge is 0.367 e. The number of ether oxygens (including phenoxy) is 1. The second-order valence-corrected chi connectivity index (χ2v) is 6.54. The molecule has 0 aliphatic carbocycles. The number of fused-ring (bicyclic) bond motifs is 1. The lowest BCUT2D eigenvalue weighted by Gasteiger charge is -2.32. The Kier molecular flexibility index (Phi) is 3.04. The van der Waals surface area contributed by atoms with Crippen LogP contribution >= 0.6 is 22.9 Å². The highest BCUT2D eigenvalue weighted by Gasteiger charge is 2.33. The molecule has 96 valence electrons. The molecule has 1 aliphatic heterocycles. The number of thiophene rings is 1. The van der Waals surface area contributed by atoms with E-state index in [4.69, 9.17) is 16.3 Å². The molecular formula is C13H15ClN2OS. The van der Waals surface area contributed by atoms with Crippen LogP contribution in [0, 0.1) is 6.92 Å². The second kappa shape index (κ2) is 4.44. The average Bonchev–Trinajstić information content (AvgIpc) is 2.71. The molecule has 18 heavy (non-hydrogen) atoms. The highest BCUT2D eigenvalue weighted by Crippen LogP contribution is 2.36. The molecule has 3 rings (SSSR count). The Morgan fingerprint density at radius 1 is 1.39 bits per heavy atom. The van der Waals surface area contributed by atoms with Crippen LogP contribution in [0.5, 0.6) is 0 Å². The van der Waals surface area contributed by atoms with Crippen molar-refractivity contribution in [3.05, 3.63) is 21.9 Å². The molecule has 0 N–H and O–H groups in total. The van der Waals surface area contributed by atoms with Gasteiger partial charge >= 0.3 is 0 Å². The van der Waals surface area contributed by atoms with Gasteiger partial charge < -0.3 is 4.74 Å². The molecule has 0 spiro atoms. The number of halogens is 1. The molecule has 0 bridgehead atoms. The smallest absolute Gasteiger partial charge is 0.163 e. The Balaban J connectivity index is 2.11. The van der Waals surface area contributed by atoms with Crippen molar-refractivity contribution >= 4 is 33.2 Å². The zero-order valence-electron chi connectivity index (χ0n) is 10.5. The molecule has 0 amide bonds. The fourth-order valence-electron chi connectivity index (χ4n) is 2.35. The molecule has 1 unspecified atom stereocenters. The fraction of sp³-hybridized carbons (Fsp3) is 0.538. The first-order chi connectivity index (χ1) is 8.58.